The van der Waals surface area contributed by atoms with Crippen LogP contribution in [0.5, 0.6) is 5.88 Å². The molecule has 0 amide bonds. The minimum atomic E-state index is -0.728. The van der Waals surface area contributed by atoms with Gasteiger partial charge in [-0.15, -0.1) is 11.3 Å². The number of aromatic nitrogens is 6. The number of esters is 1. The number of hydrogen-bond donors (Lipinski definition) is 0. The Balaban J connectivity index is 1.15. The van der Waals surface area contributed by atoms with Crippen LogP contribution < -0.4 is 9.64 Å². The van der Waals surface area contributed by atoms with Crippen molar-refractivity contribution in [2.75, 3.05) is 37.7 Å². The van der Waals surface area contributed by atoms with E-state index < -0.39 is 11.6 Å². The molecule has 5 heterocycles. The number of nitrogens with zero attached hydrogens (tertiary/aromatic N) is 8. The number of imidazole rings is 2. The van der Waals surface area contributed by atoms with Gasteiger partial charge in [-0.3, -0.25) is 4.90 Å². The number of anilines is 1. The van der Waals surface area contributed by atoms with E-state index in [1.807, 2.05) is 23.5 Å². The molecule has 45 heavy (non-hydrogen) atoms. The first kappa shape index (κ1) is 30.9. The number of piperazine rings is 1. The molecule has 1 aliphatic heterocycles. The average Bonchev–Trinajstić information content (AvgIpc) is 3.74. The van der Waals surface area contributed by atoms with Crippen molar-refractivity contribution in [2.45, 2.75) is 40.1 Å². The molecular weight excluding hydrogens is 626 g/mol. The van der Waals surface area contributed by atoms with Crippen LogP contribution in [0.15, 0.2) is 43.0 Å². The van der Waals surface area contributed by atoms with Crippen LogP contribution >= 0.6 is 22.9 Å². The van der Waals surface area contributed by atoms with Gasteiger partial charge < -0.3 is 23.5 Å². The number of thiophene rings is 1. The lowest BCUT2D eigenvalue weighted by Crippen LogP contribution is -2.46. The van der Waals surface area contributed by atoms with Crippen LogP contribution in [-0.2, 0) is 31.0 Å². The summed E-state index contributed by atoms with van der Waals surface area (Å²) in [6, 6.07) is 6.06. The summed E-state index contributed by atoms with van der Waals surface area (Å²) in [6.07, 6.45) is 4.73. The van der Waals surface area contributed by atoms with Gasteiger partial charge >= 0.3 is 5.97 Å². The molecule has 0 N–H and O–H groups in total. The second-order valence-corrected chi connectivity index (χ2v) is 11.9. The largest absolute Gasteiger partial charge is 0.470 e. The van der Waals surface area contributed by atoms with Crippen LogP contribution in [0, 0.1) is 11.6 Å². The number of ether oxygens (including phenoxy) is 2. The number of fused-ring (bicyclic) bond motifs is 1. The summed E-state index contributed by atoms with van der Waals surface area (Å²) in [5.41, 5.74) is 2.16. The van der Waals surface area contributed by atoms with Gasteiger partial charge in [0.05, 0.1) is 43.4 Å². The van der Waals surface area contributed by atoms with Gasteiger partial charge in [0.2, 0.25) is 11.8 Å². The summed E-state index contributed by atoms with van der Waals surface area (Å²) < 4.78 is 43.6. The molecule has 0 atom stereocenters. The Kier molecular flexibility index (Phi) is 9.24. The SMILES string of the molecule is CCOC(=O)c1cc2c(nc(CN3CCN(c4ncc(F)c(OCc5ccc(Cl)cc5F)n4)CC3)n2Cc2cncn2CC)s1. The van der Waals surface area contributed by atoms with Gasteiger partial charge in [0.15, 0.2) is 0 Å². The van der Waals surface area contributed by atoms with Crippen LogP contribution in [0.1, 0.15) is 40.6 Å². The Hall–Kier alpha value is -4.14. The lowest BCUT2D eigenvalue weighted by atomic mass is 10.2. The van der Waals surface area contributed by atoms with Crippen molar-refractivity contribution in [3.05, 3.63) is 81.6 Å². The number of carbonyl (C=O) groups is 1. The van der Waals surface area contributed by atoms with Gasteiger partial charge in [-0.2, -0.15) is 9.37 Å². The Labute approximate surface area is 267 Å². The third-order valence-electron chi connectivity index (χ3n) is 7.56. The van der Waals surface area contributed by atoms with Crippen molar-refractivity contribution in [1.82, 2.24) is 34.0 Å². The van der Waals surface area contributed by atoms with Crippen LogP contribution in [0.3, 0.4) is 0 Å². The van der Waals surface area contributed by atoms with Crippen molar-refractivity contribution in [3.8, 4) is 5.88 Å². The van der Waals surface area contributed by atoms with E-state index in [9.17, 15) is 13.6 Å². The lowest BCUT2D eigenvalue weighted by molar-refractivity contribution is 0.0532. The van der Waals surface area contributed by atoms with E-state index >= 15 is 0 Å². The van der Waals surface area contributed by atoms with Gasteiger partial charge in [0.1, 0.15) is 28.0 Å². The first-order valence-electron chi connectivity index (χ1n) is 14.5. The van der Waals surface area contributed by atoms with E-state index in [1.54, 1.807) is 13.0 Å². The highest BCUT2D eigenvalue weighted by Gasteiger charge is 2.25. The van der Waals surface area contributed by atoms with Crippen molar-refractivity contribution in [2.24, 2.45) is 0 Å². The monoisotopic (exact) mass is 656 g/mol. The zero-order chi connectivity index (χ0) is 31.5. The Bertz CT molecular complexity index is 1820. The molecule has 0 saturated carbocycles. The molecule has 0 bridgehead atoms. The zero-order valence-electron chi connectivity index (χ0n) is 24.8. The molecule has 0 unspecified atom stereocenters. The molecule has 5 aromatic rings. The zero-order valence-corrected chi connectivity index (χ0v) is 26.3. The highest BCUT2D eigenvalue weighted by Crippen LogP contribution is 2.29. The summed E-state index contributed by atoms with van der Waals surface area (Å²) >= 11 is 7.14. The highest BCUT2D eigenvalue weighted by atomic mass is 35.5. The fourth-order valence-electron chi connectivity index (χ4n) is 5.18. The van der Waals surface area contributed by atoms with Gasteiger partial charge in [-0.1, -0.05) is 17.7 Å². The lowest BCUT2D eigenvalue weighted by Gasteiger charge is -2.34. The minimum Gasteiger partial charge on any atom is -0.470 e. The molecule has 1 aliphatic rings. The quantitative estimate of drug-likeness (QED) is 0.178. The molecule has 236 valence electrons. The Morgan fingerprint density at radius 3 is 2.62 bits per heavy atom. The maximum atomic E-state index is 14.5. The molecule has 0 aliphatic carbocycles. The summed E-state index contributed by atoms with van der Waals surface area (Å²) in [4.78, 5) is 35.7. The number of aryl methyl sites for hydroxylation is 1. The van der Waals surface area contributed by atoms with Crippen LogP contribution in [0.4, 0.5) is 14.7 Å². The first-order valence-corrected chi connectivity index (χ1v) is 15.7. The minimum absolute atomic E-state index is 0.200. The van der Waals surface area contributed by atoms with Gasteiger partial charge in [0.25, 0.3) is 5.88 Å². The third kappa shape index (κ3) is 6.77. The molecule has 15 heteroatoms. The summed E-state index contributed by atoms with van der Waals surface area (Å²) in [5, 5.41) is 0.266. The van der Waals surface area contributed by atoms with Gasteiger partial charge in [0, 0.05) is 49.5 Å². The molecule has 0 radical (unpaired) electrons. The van der Waals surface area contributed by atoms with E-state index in [0.717, 1.165) is 34.6 Å². The maximum absolute atomic E-state index is 14.5. The normalized spacial score (nSPS) is 13.9. The third-order valence-corrected chi connectivity index (χ3v) is 8.79. The van der Waals surface area contributed by atoms with Crippen molar-refractivity contribution < 1.29 is 23.0 Å². The topological polar surface area (TPSA) is 103 Å². The number of hydrogen-bond acceptors (Lipinski definition) is 10. The summed E-state index contributed by atoms with van der Waals surface area (Å²) in [6.45, 7) is 8.48. The molecule has 0 spiro atoms. The van der Waals surface area contributed by atoms with Crippen molar-refractivity contribution in [3.63, 3.8) is 0 Å². The number of carbonyl (C=O) groups excluding carboxylic acids is 1. The molecule has 1 fully saturated rings. The number of rotatable bonds is 11. The van der Waals surface area contributed by atoms with Crippen LogP contribution in [0.2, 0.25) is 5.02 Å². The van der Waals surface area contributed by atoms with E-state index in [4.69, 9.17) is 26.1 Å². The van der Waals surface area contributed by atoms with E-state index in [2.05, 4.69) is 35.9 Å². The summed E-state index contributed by atoms with van der Waals surface area (Å²) in [7, 11) is 0. The van der Waals surface area contributed by atoms with Gasteiger partial charge in [-0.25, -0.2) is 24.1 Å². The maximum Gasteiger partial charge on any atom is 0.348 e. The van der Waals surface area contributed by atoms with Crippen molar-refractivity contribution >= 4 is 45.2 Å². The van der Waals surface area contributed by atoms with Gasteiger partial charge in [-0.05, 0) is 32.0 Å². The molecule has 4 aromatic heterocycles. The predicted molar refractivity (Wildman–Crippen MR) is 166 cm³/mol. The Morgan fingerprint density at radius 1 is 1.04 bits per heavy atom. The summed E-state index contributed by atoms with van der Waals surface area (Å²) in [5.74, 6) is -0.640. The standard InChI is InChI=1S/C30H31ClF2N8O3S/c1-3-39-18-34-13-21(39)15-41-24-12-25(29(42)43-4-2)45-28(24)36-26(41)16-38-7-9-40(10-8-38)30-35-14-23(33)27(37-30)44-17-19-5-6-20(31)11-22(19)32/h5-6,11-14,18H,3-4,7-10,15-17H2,1-2H3. The fraction of sp³-hybridized carbons (Fsp3) is 0.367. The van der Waals surface area contributed by atoms with Crippen LogP contribution in [0.25, 0.3) is 10.3 Å². The highest BCUT2D eigenvalue weighted by molar-refractivity contribution is 7.20. The van der Waals surface area contributed by atoms with Crippen LogP contribution in [-0.4, -0.2) is 72.7 Å². The average molecular weight is 657 g/mol. The molecule has 11 nitrogen and oxygen atoms in total. The second kappa shape index (κ2) is 13.5. The second-order valence-electron chi connectivity index (χ2n) is 10.4. The van der Waals surface area contributed by atoms with Crippen molar-refractivity contribution in [1.29, 1.82) is 0 Å². The van der Waals surface area contributed by atoms with E-state index in [-0.39, 0.29) is 29.0 Å². The fourth-order valence-corrected chi connectivity index (χ4v) is 6.28. The first-order chi connectivity index (χ1) is 21.8. The molecule has 1 aromatic carbocycles. The van der Waals surface area contributed by atoms with E-state index in [1.165, 1.54) is 23.5 Å². The molecular formula is C30H31ClF2N8O3S. The molecule has 6 rings (SSSR count). The number of halogens is 3. The number of benzene rings is 1. The molecule has 1 saturated heterocycles. The Morgan fingerprint density at radius 2 is 1.87 bits per heavy atom. The predicted octanol–water partition coefficient (Wildman–Crippen LogP) is 5.16. The smallest absolute Gasteiger partial charge is 0.348 e. The van der Waals surface area contributed by atoms with E-state index in [0.29, 0.717) is 56.7 Å².